The number of carboxylic acid groups (broad SMARTS) is 1. The first-order valence-electron chi connectivity index (χ1n) is 5.87. The van der Waals surface area contributed by atoms with E-state index in [9.17, 15) is 9.59 Å². The van der Waals surface area contributed by atoms with Crippen LogP contribution in [0.3, 0.4) is 0 Å². The Labute approximate surface area is 130 Å². The number of hydrogen-bond donors (Lipinski definition) is 2. The molecule has 0 fully saturated rings. The first-order valence-corrected chi connectivity index (χ1v) is 6.63. The Morgan fingerprint density at radius 1 is 1.33 bits per heavy atom. The van der Waals surface area contributed by atoms with Gasteiger partial charge in [-0.1, -0.05) is 29.3 Å². The number of aromatic nitrogens is 2. The molecule has 6 nitrogen and oxygen atoms in total. The van der Waals surface area contributed by atoms with Gasteiger partial charge in [-0.25, -0.2) is 4.79 Å². The van der Waals surface area contributed by atoms with Crippen LogP contribution in [0.5, 0.6) is 0 Å². The van der Waals surface area contributed by atoms with E-state index in [0.29, 0.717) is 10.0 Å². The van der Waals surface area contributed by atoms with Crippen LogP contribution in [0.2, 0.25) is 10.0 Å². The van der Waals surface area contributed by atoms with E-state index in [-0.39, 0.29) is 17.8 Å². The fourth-order valence-electron chi connectivity index (χ4n) is 1.73. The third kappa shape index (κ3) is 3.53. The smallest absolute Gasteiger partial charge is 0.339 e. The number of halogens is 2. The van der Waals surface area contributed by atoms with Gasteiger partial charge in [0.2, 0.25) is 0 Å². The summed E-state index contributed by atoms with van der Waals surface area (Å²) in [5.41, 5.74) is 0.458. The third-order valence-electron chi connectivity index (χ3n) is 2.71. The van der Waals surface area contributed by atoms with Crippen molar-refractivity contribution < 1.29 is 14.7 Å². The highest BCUT2D eigenvalue weighted by Gasteiger charge is 2.20. The second kappa shape index (κ2) is 6.15. The highest BCUT2D eigenvalue weighted by atomic mass is 35.5. The van der Waals surface area contributed by atoms with Gasteiger partial charge < -0.3 is 10.4 Å². The van der Waals surface area contributed by atoms with E-state index < -0.39 is 11.9 Å². The zero-order valence-corrected chi connectivity index (χ0v) is 12.4. The molecular weight excluding hydrogens is 317 g/mol. The van der Waals surface area contributed by atoms with Crippen molar-refractivity contribution in [3.8, 4) is 0 Å². The summed E-state index contributed by atoms with van der Waals surface area (Å²) in [4.78, 5) is 23.0. The molecule has 0 spiro atoms. The summed E-state index contributed by atoms with van der Waals surface area (Å²) in [7, 11) is 1.54. The van der Waals surface area contributed by atoms with Crippen molar-refractivity contribution >= 4 is 35.1 Å². The van der Waals surface area contributed by atoms with Crippen molar-refractivity contribution in [2.45, 2.75) is 6.54 Å². The van der Waals surface area contributed by atoms with E-state index in [1.807, 2.05) is 0 Å². The van der Waals surface area contributed by atoms with Crippen LogP contribution in [0.4, 0.5) is 0 Å². The molecule has 2 N–H and O–H groups in total. The maximum Gasteiger partial charge on any atom is 0.339 e. The Balaban J connectivity index is 2.11. The molecule has 110 valence electrons. The first-order chi connectivity index (χ1) is 9.88. The minimum absolute atomic E-state index is 0.134. The number of benzene rings is 1. The largest absolute Gasteiger partial charge is 0.478 e. The van der Waals surface area contributed by atoms with Crippen molar-refractivity contribution in [1.82, 2.24) is 15.1 Å². The molecule has 0 aliphatic rings. The number of carbonyl (C=O) groups is 2. The van der Waals surface area contributed by atoms with Crippen molar-refractivity contribution in [1.29, 1.82) is 0 Å². The van der Waals surface area contributed by atoms with Crippen LogP contribution in [0, 0.1) is 0 Å². The number of hydrogen-bond acceptors (Lipinski definition) is 3. The number of nitrogens with zero attached hydrogens (tertiary/aromatic N) is 2. The second-order valence-corrected chi connectivity index (χ2v) is 5.12. The Bertz CT molecular complexity index is 713. The van der Waals surface area contributed by atoms with Crippen molar-refractivity contribution in [2.24, 2.45) is 7.05 Å². The van der Waals surface area contributed by atoms with Gasteiger partial charge in [0.25, 0.3) is 5.91 Å². The number of aryl methyl sites for hydroxylation is 1. The highest BCUT2D eigenvalue weighted by Crippen LogP contribution is 2.22. The lowest BCUT2D eigenvalue weighted by Crippen LogP contribution is -2.25. The zero-order valence-electron chi connectivity index (χ0n) is 10.9. The quantitative estimate of drug-likeness (QED) is 0.902. The van der Waals surface area contributed by atoms with Gasteiger partial charge in [-0.2, -0.15) is 5.10 Å². The van der Waals surface area contributed by atoms with Gasteiger partial charge in [-0.3, -0.25) is 9.48 Å². The molecule has 0 bridgehead atoms. The predicted octanol–water partition coefficient (Wildman–Crippen LogP) is 2.36. The van der Waals surface area contributed by atoms with Crippen molar-refractivity contribution in [3.05, 3.63) is 51.3 Å². The van der Waals surface area contributed by atoms with Crippen LogP contribution in [0.1, 0.15) is 26.4 Å². The Morgan fingerprint density at radius 3 is 2.67 bits per heavy atom. The van der Waals surface area contributed by atoms with Crippen molar-refractivity contribution in [2.75, 3.05) is 0 Å². The minimum Gasteiger partial charge on any atom is -0.478 e. The van der Waals surface area contributed by atoms with E-state index in [1.165, 1.54) is 10.9 Å². The molecule has 1 aromatic heterocycles. The third-order valence-corrected chi connectivity index (χ3v) is 3.45. The molecule has 0 aliphatic heterocycles. The van der Waals surface area contributed by atoms with Crippen LogP contribution in [0.15, 0.2) is 24.4 Å². The molecule has 1 aromatic carbocycles. The topological polar surface area (TPSA) is 84.2 Å². The van der Waals surface area contributed by atoms with E-state index in [2.05, 4.69) is 10.4 Å². The molecule has 0 radical (unpaired) electrons. The molecule has 0 unspecified atom stereocenters. The van der Waals surface area contributed by atoms with Crippen LogP contribution >= 0.6 is 23.2 Å². The molecule has 0 saturated heterocycles. The molecule has 0 aliphatic carbocycles. The Hall–Kier alpha value is -2.05. The normalized spacial score (nSPS) is 10.4. The van der Waals surface area contributed by atoms with E-state index in [0.717, 1.165) is 5.56 Å². The second-order valence-electron chi connectivity index (χ2n) is 4.30. The molecular formula is C13H11Cl2N3O3. The van der Waals surface area contributed by atoms with Crippen LogP contribution in [-0.4, -0.2) is 26.8 Å². The summed E-state index contributed by atoms with van der Waals surface area (Å²) >= 11 is 11.7. The molecule has 8 heteroatoms. The number of amides is 1. The molecule has 0 saturated carbocycles. The summed E-state index contributed by atoms with van der Waals surface area (Å²) in [5, 5.41) is 16.3. The SMILES string of the molecule is Cn1cc(C(=O)O)c(C(=O)NCc2ccc(Cl)c(Cl)c2)n1. The summed E-state index contributed by atoms with van der Waals surface area (Å²) in [5.74, 6) is -1.78. The molecule has 1 heterocycles. The molecule has 2 aromatic rings. The van der Waals surface area contributed by atoms with Gasteiger partial charge in [0.05, 0.1) is 10.0 Å². The maximum atomic E-state index is 12.0. The summed E-state index contributed by atoms with van der Waals surface area (Å²) in [6.45, 7) is 0.186. The standard InChI is InChI=1S/C13H11Cl2N3O3/c1-18-6-8(13(20)21)11(17-18)12(19)16-5-7-2-3-9(14)10(15)4-7/h2-4,6H,5H2,1H3,(H,16,19)(H,20,21). The van der Waals surface area contributed by atoms with E-state index >= 15 is 0 Å². The minimum atomic E-state index is -1.21. The predicted molar refractivity (Wildman–Crippen MR) is 77.8 cm³/mol. The van der Waals surface area contributed by atoms with Crippen LogP contribution in [0.25, 0.3) is 0 Å². The summed E-state index contributed by atoms with van der Waals surface area (Å²) in [6.07, 6.45) is 1.27. The number of nitrogens with one attached hydrogen (secondary N) is 1. The van der Waals surface area contributed by atoms with Gasteiger partial charge in [0, 0.05) is 19.8 Å². The average molecular weight is 328 g/mol. The lowest BCUT2D eigenvalue weighted by molar-refractivity contribution is 0.0691. The molecule has 1 amide bonds. The average Bonchev–Trinajstić information content (AvgIpc) is 2.82. The number of carbonyl (C=O) groups excluding carboxylic acids is 1. The maximum absolute atomic E-state index is 12.0. The van der Waals surface area contributed by atoms with Gasteiger partial charge in [0.15, 0.2) is 5.69 Å². The fraction of sp³-hybridized carbons (Fsp3) is 0.154. The lowest BCUT2D eigenvalue weighted by Gasteiger charge is -2.05. The van der Waals surface area contributed by atoms with Gasteiger partial charge in [-0.15, -0.1) is 0 Å². The van der Waals surface area contributed by atoms with Gasteiger partial charge in [-0.05, 0) is 17.7 Å². The van der Waals surface area contributed by atoms with Crippen molar-refractivity contribution in [3.63, 3.8) is 0 Å². The summed E-state index contributed by atoms with van der Waals surface area (Å²) < 4.78 is 1.28. The molecule has 2 rings (SSSR count). The number of carboxylic acids is 1. The van der Waals surface area contributed by atoms with Crippen LogP contribution in [-0.2, 0) is 13.6 Å². The van der Waals surface area contributed by atoms with Gasteiger partial charge in [0.1, 0.15) is 5.56 Å². The first kappa shape index (κ1) is 15.3. The summed E-state index contributed by atoms with van der Waals surface area (Å²) in [6, 6.07) is 4.96. The Morgan fingerprint density at radius 2 is 2.05 bits per heavy atom. The molecule has 21 heavy (non-hydrogen) atoms. The Kier molecular flexibility index (Phi) is 4.50. The zero-order chi connectivity index (χ0) is 15.6. The lowest BCUT2D eigenvalue weighted by atomic mass is 10.2. The number of aromatic carboxylic acids is 1. The van der Waals surface area contributed by atoms with Crippen LogP contribution < -0.4 is 5.32 Å². The van der Waals surface area contributed by atoms with E-state index in [4.69, 9.17) is 28.3 Å². The molecule has 0 atom stereocenters. The van der Waals surface area contributed by atoms with Gasteiger partial charge >= 0.3 is 5.97 Å². The van der Waals surface area contributed by atoms with E-state index in [1.54, 1.807) is 25.2 Å². The number of rotatable bonds is 4. The highest BCUT2D eigenvalue weighted by molar-refractivity contribution is 6.42. The fourth-order valence-corrected chi connectivity index (χ4v) is 2.05. The monoisotopic (exact) mass is 327 g/mol.